The third-order valence-corrected chi connectivity index (χ3v) is 2.62. The first kappa shape index (κ1) is 13.2. The van der Waals surface area contributed by atoms with Gasteiger partial charge in [0.1, 0.15) is 11.5 Å². The fourth-order valence-corrected chi connectivity index (χ4v) is 1.73. The molecule has 1 aromatic heterocycles. The molecule has 1 N–H and O–H groups in total. The maximum Gasteiger partial charge on any atom is 0.356 e. The molecule has 2 rings (SSSR count). The monoisotopic (exact) mass is 261 g/mol. The molecule has 5 heteroatoms. The van der Waals surface area contributed by atoms with Crippen molar-refractivity contribution in [3.63, 3.8) is 0 Å². The average molecular weight is 261 g/mol. The second-order valence-corrected chi connectivity index (χ2v) is 3.86. The molecule has 19 heavy (non-hydrogen) atoms. The highest BCUT2D eigenvalue weighted by molar-refractivity contribution is 5.89. The third-order valence-electron chi connectivity index (χ3n) is 2.62. The van der Waals surface area contributed by atoms with Crippen LogP contribution in [0.25, 0.3) is 11.1 Å². The molecule has 0 saturated carbocycles. The van der Waals surface area contributed by atoms with Crippen LogP contribution in [-0.2, 0) is 11.3 Å². The Labute approximate surface area is 109 Å². The lowest BCUT2D eigenvalue weighted by Gasteiger charge is -2.07. The van der Waals surface area contributed by atoms with E-state index in [-0.39, 0.29) is 18.0 Å². The molecular formula is C14H12FNO3. The molecule has 0 atom stereocenters. The summed E-state index contributed by atoms with van der Waals surface area (Å²) in [6, 6.07) is 9.15. The second-order valence-electron chi connectivity index (χ2n) is 3.86. The van der Waals surface area contributed by atoms with Crippen LogP contribution < -0.4 is 0 Å². The van der Waals surface area contributed by atoms with Gasteiger partial charge in [0, 0.05) is 5.56 Å². The summed E-state index contributed by atoms with van der Waals surface area (Å²) in [7, 11) is 1.23. The normalized spacial score (nSPS) is 10.3. The summed E-state index contributed by atoms with van der Waals surface area (Å²) in [5.74, 6) is -1.04. The van der Waals surface area contributed by atoms with Crippen LogP contribution in [0.2, 0.25) is 0 Å². The van der Waals surface area contributed by atoms with Gasteiger partial charge in [-0.15, -0.1) is 0 Å². The number of ether oxygens (including phenoxy) is 1. The smallest absolute Gasteiger partial charge is 0.356 e. The van der Waals surface area contributed by atoms with Crippen LogP contribution >= 0.6 is 0 Å². The first-order valence-corrected chi connectivity index (χ1v) is 5.60. The third kappa shape index (κ3) is 2.77. The van der Waals surface area contributed by atoms with Gasteiger partial charge in [-0.25, -0.2) is 14.2 Å². The predicted octanol–water partition coefficient (Wildman–Crippen LogP) is 2.17. The Morgan fingerprint density at radius 3 is 2.74 bits per heavy atom. The van der Waals surface area contributed by atoms with Crippen molar-refractivity contribution in [2.45, 2.75) is 6.61 Å². The number of benzene rings is 1. The molecule has 2 aromatic rings. The van der Waals surface area contributed by atoms with E-state index in [0.717, 1.165) is 0 Å². The van der Waals surface area contributed by atoms with Crippen LogP contribution in [0, 0.1) is 5.82 Å². The number of hydrogen-bond acceptors (Lipinski definition) is 4. The Morgan fingerprint density at radius 2 is 2.11 bits per heavy atom. The van der Waals surface area contributed by atoms with Crippen LogP contribution in [-0.4, -0.2) is 23.2 Å². The highest BCUT2D eigenvalue weighted by Gasteiger charge is 2.13. The van der Waals surface area contributed by atoms with Crippen molar-refractivity contribution in [1.82, 2.24) is 4.98 Å². The van der Waals surface area contributed by atoms with Gasteiger partial charge >= 0.3 is 5.97 Å². The highest BCUT2D eigenvalue weighted by atomic mass is 19.1. The average Bonchev–Trinajstić information content (AvgIpc) is 2.46. The summed E-state index contributed by atoms with van der Waals surface area (Å²) in [5.41, 5.74) is 1.12. The van der Waals surface area contributed by atoms with Gasteiger partial charge in [0.25, 0.3) is 0 Å². The van der Waals surface area contributed by atoms with Gasteiger partial charge in [-0.05, 0) is 23.8 Å². The lowest BCUT2D eigenvalue weighted by molar-refractivity contribution is 0.0593. The topological polar surface area (TPSA) is 59.4 Å². The lowest BCUT2D eigenvalue weighted by atomic mass is 10.0. The number of carbonyl (C=O) groups is 1. The number of pyridine rings is 1. The van der Waals surface area contributed by atoms with Crippen molar-refractivity contribution in [2.24, 2.45) is 0 Å². The van der Waals surface area contributed by atoms with Crippen molar-refractivity contribution in [3.8, 4) is 11.1 Å². The Bertz CT molecular complexity index is 613. The minimum Gasteiger partial charge on any atom is -0.464 e. The highest BCUT2D eigenvalue weighted by Crippen LogP contribution is 2.24. The second kappa shape index (κ2) is 5.58. The van der Waals surface area contributed by atoms with Gasteiger partial charge in [-0.1, -0.05) is 18.2 Å². The Balaban J connectivity index is 2.57. The molecule has 1 aromatic carbocycles. The first-order chi connectivity index (χ1) is 9.15. The molecule has 0 bridgehead atoms. The van der Waals surface area contributed by atoms with Crippen molar-refractivity contribution in [3.05, 3.63) is 53.6 Å². The summed E-state index contributed by atoms with van der Waals surface area (Å²) in [6.45, 7) is -0.341. The Kier molecular flexibility index (Phi) is 3.87. The van der Waals surface area contributed by atoms with Gasteiger partial charge in [0.2, 0.25) is 0 Å². The molecule has 0 fully saturated rings. The zero-order valence-electron chi connectivity index (χ0n) is 10.3. The maximum absolute atomic E-state index is 13.7. The molecule has 0 unspecified atom stereocenters. The summed E-state index contributed by atoms with van der Waals surface area (Å²) in [5, 5.41) is 9.15. The molecule has 0 amide bonds. The number of halogens is 1. The molecule has 98 valence electrons. The lowest BCUT2D eigenvalue weighted by Crippen LogP contribution is -2.07. The van der Waals surface area contributed by atoms with Crippen LogP contribution in [0.15, 0.2) is 36.4 Å². The number of esters is 1. The number of aliphatic hydroxyl groups is 1. The molecule has 4 nitrogen and oxygen atoms in total. The standard InChI is InChI=1S/C14H12FNO3/c1-19-14(18)13-7-9(6-10(8-17)16-13)11-4-2-3-5-12(11)15/h2-7,17H,8H2,1H3. The van der Waals surface area contributed by atoms with E-state index in [1.165, 1.54) is 25.3 Å². The largest absolute Gasteiger partial charge is 0.464 e. The summed E-state index contributed by atoms with van der Waals surface area (Å²) < 4.78 is 18.3. The molecule has 0 aliphatic carbocycles. The van der Waals surface area contributed by atoms with Crippen LogP contribution in [0.5, 0.6) is 0 Å². The predicted molar refractivity (Wildman–Crippen MR) is 66.9 cm³/mol. The number of rotatable bonds is 3. The summed E-state index contributed by atoms with van der Waals surface area (Å²) >= 11 is 0. The van der Waals surface area contributed by atoms with E-state index in [0.29, 0.717) is 11.1 Å². The first-order valence-electron chi connectivity index (χ1n) is 5.60. The van der Waals surface area contributed by atoms with E-state index in [9.17, 15) is 9.18 Å². The summed E-state index contributed by atoms with van der Waals surface area (Å²) in [4.78, 5) is 15.4. The zero-order chi connectivity index (χ0) is 13.8. The number of hydrogen-bond donors (Lipinski definition) is 1. The fraction of sp³-hybridized carbons (Fsp3) is 0.143. The van der Waals surface area contributed by atoms with Crippen LogP contribution in [0.4, 0.5) is 4.39 Å². The van der Waals surface area contributed by atoms with Crippen LogP contribution in [0.3, 0.4) is 0 Å². The van der Waals surface area contributed by atoms with Gasteiger partial charge in [0.05, 0.1) is 19.4 Å². The number of aromatic nitrogens is 1. The zero-order valence-corrected chi connectivity index (χ0v) is 10.3. The van der Waals surface area contributed by atoms with E-state index >= 15 is 0 Å². The molecular weight excluding hydrogens is 249 g/mol. The number of aliphatic hydroxyl groups excluding tert-OH is 1. The van der Waals surface area contributed by atoms with Crippen molar-refractivity contribution < 1.29 is 19.0 Å². The number of carbonyl (C=O) groups excluding carboxylic acids is 1. The molecule has 0 saturated heterocycles. The minimum atomic E-state index is -0.632. The Hall–Kier alpha value is -2.27. The SMILES string of the molecule is COC(=O)c1cc(-c2ccccc2F)cc(CO)n1. The van der Waals surface area contributed by atoms with Crippen molar-refractivity contribution in [2.75, 3.05) is 7.11 Å². The van der Waals surface area contributed by atoms with E-state index in [1.807, 2.05) is 0 Å². The Morgan fingerprint density at radius 1 is 1.37 bits per heavy atom. The van der Waals surface area contributed by atoms with Crippen molar-refractivity contribution in [1.29, 1.82) is 0 Å². The number of nitrogens with zero attached hydrogens (tertiary/aromatic N) is 1. The molecule has 1 heterocycles. The van der Waals surface area contributed by atoms with Crippen LogP contribution in [0.1, 0.15) is 16.2 Å². The maximum atomic E-state index is 13.7. The van der Waals surface area contributed by atoms with Crippen molar-refractivity contribution >= 4 is 5.97 Å². The minimum absolute atomic E-state index is 0.0345. The molecule has 0 radical (unpaired) electrons. The molecule has 0 spiro atoms. The quantitative estimate of drug-likeness (QED) is 0.860. The van der Waals surface area contributed by atoms with Gasteiger partial charge in [0.15, 0.2) is 0 Å². The summed E-state index contributed by atoms with van der Waals surface area (Å²) in [6.07, 6.45) is 0. The molecule has 0 aliphatic rings. The fourth-order valence-electron chi connectivity index (χ4n) is 1.73. The van der Waals surface area contributed by atoms with E-state index in [1.54, 1.807) is 18.2 Å². The van der Waals surface area contributed by atoms with Gasteiger partial charge < -0.3 is 9.84 Å². The van der Waals surface area contributed by atoms with E-state index < -0.39 is 11.8 Å². The molecule has 0 aliphatic heterocycles. The van der Waals surface area contributed by atoms with E-state index in [2.05, 4.69) is 9.72 Å². The van der Waals surface area contributed by atoms with Gasteiger partial charge in [-0.3, -0.25) is 0 Å². The number of methoxy groups -OCH3 is 1. The van der Waals surface area contributed by atoms with E-state index in [4.69, 9.17) is 5.11 Å². The van der Waals surface area contributed by atoms with Gasteiger partial charge in [-0.2, -0.15) is 0 Å².